The Labute approximate surface area is 139 Å². The molecule has 0 saturated carbocycles. The lowest BCUT2D eigenvalue weighted by Crippen LogP contribution is -2.16. The van der Waals surface area contributed by atoms with Crippen molar-refractivity contribution in [2.24, 2.45) is 0 Å². The number of H-pyrrole nitrogens is 1. The third-order valence-corrected chi connectivity index (χ3v) is 4.81. The molecule has 1 aromatic heterocycles. The normalized spacial score (nSPS) is 16.8. The molecule has 1 aliphatic heterocycles. The number of aromatic hydroxyl groups is 1. The van der Waals surface area contributed by atoms with Gasteiger partial charge in [0.15, 0.2) is 0 Å². The molecule has 2 aromatic carbocycles. The minimum atomic E-state index is 0.258. The zero-order chi connectivity index (χ0) is 16.0. The maximum Gasteiger partial charge on any atom is 0.119 e. The Balaban J connectivity index is 1.81. The van der Waals surface area contributed by atoms with E-state index >= 15 is 0 Å². The molecular weight excluding hydrogens is 312 g/mol. The number of benzene rings is 2. The molecule has 1 aliphatic rings. The fourth-order valence-electron chi connectivity index (χ4n) is 3.26. The van der Waals surface area contributed by atoms with E-state index in [-0.39, 0.29) is 11.7 Å². The number of nitrogens with one attached hydrogen (secondary N) is 1. The number of rotatable bonds is 3. The van der Waals surface area contributed by atoms with Crippen molar-refractivity contribution in [2.75, 3.05) is 24.4 Å². The summed E-state index contributed by atoms with van der Waals surface area (Å²) in [5.74, 6) is 2.91. The number of anilines is 2. The van der Waals surface area contributed by atoms with Crippen LogP contribution in [-0.4, -0.2) is 29.6 Å². The number of alkyl halides is 1. The summed E-state index contributed by atoms with van der Waals surface area (Å²) in [6.45, 7) is 0.798. The van der Waals surface area contributed by atoms with Crippen LogP contribution in [0.2, 0.25) is 0 Å². The predicted octanol–water partition coefficient (Wildman–Crippen LogP) is 4.36. The summed E-state index contributed by atoms with van der Waals surface area (Å²) < 4.78 is 5.29. The Bertz CT molecular complexity index is 875. The topological polar surface area (TPSA) is 48.5 Å². The zero-order valence-corrected chi connectivity index (χ0v) is 13.5. The number of phenolic OH excluding ortho intramolecular Hbond substituents is 1. The van der Waals surface area contributed by atoms with E-state index in [9.17, 15) is 5.11 Å². The van der Waals surface area contributed by atoms with Crippen LogP contribution < -0.4 is 9.64 Å². The van der Waals surface area contributed by atoms with Crippen molar-refractivity contribution in [3.05, 3.63) is 48.0 Å². The third-order valence-electron chi connectivity index (χ3n) is 4.44. The first-order valence-electron chi connectivity index (χ1n) is 7.53. The second-order valence-electron chi connectivity index (χ2n) is 5.81. The van der Waals surface area contributed by atoms with Gasteiger partial charge in [-0.15, -0.1) is 11.6 Å². The summed E-state index contributed by atoms with van der Waals surface area (Å²) in [4.78, 5) is 5.61. The van der Waals surface area contributed by atoms with Crippen molar-refractivity contribution < 1.29 is 9.84 Å². The number of aromatic nitrogens is 1. The number of aromatic amines is 1. The molecule has 0 aliphatic carbocycles. The monoisotopic (exact) mass is 328 g/mol. The van der Waals surface area contributed by atoms with Gasteiger partial charge in [-0.25, -0.2) is 0 Å². The smallest absolute Gasteiger partial charge is 0.119 e. The first-order valence-corrected chi connectivity index (χ1v) is 8.06. The van der Waals surface area contributed by atoms with Gasteiger partial charge >= 0.3 is 0 Å². The maximum atomic E-state index is 9.84. The lowest BCUT2D eigenvalue weighted by molar-refractivity contribution is 0.415. The van der Waals surface area contributed by atoms with Crippen molar-refractivity contribution >= 4 is 34.0 Å². The first-order chi connectivity index (χ1) is 11.2. The number of nitrogens with zero attached hydrogens (tertiary/aromatic N) is 1. The second kappa shape index (κ2) is 5.39. The van der Waals surface area contributed by atoms with E-state index in [0.29, 0.717) is 5.88 Å². The molecule has 3 aromatic rings. The predicted molar refractivity (Wildman–Crippen MR) is 93.4 cm³/mol. The fraction of sp³-hybridized carbons (Fsp3) is 0.222. The molecule has 1 unspecified atom stereocenters. The minimum absolute atomic E-state index is 0.258. The van der Waals surface area contributed by atoms with Gasteiger partial charge in [0.2, 0.25) is 0 Å². The molecule has 0 saturated heterocycles. The lowest BCUT2D eigenvalue weighted by atomic mass is 10.0. The summed E-state index contributed by atoms with van der Waals surface area (Å²) in [5, 5.41) is 10.9. The lowest BCUT2D eigenvalue weighted by Gasteiger charge is -2.17. The summed E-state index contributed by atoms with van der Waals surface area (Å²) >= 11 is 6.13. The minimum Gasteiger partial charge on any atom is -0.508 e. The van der Waals surface area contributed by atoms with Gasteiger partial charge < -0.3 is 19.7 Å². The van der Waals surface area contributed by atoms with Crippen LogP contribution in [0, 0.1) is 0 Å². The average molecular weight is 329 g/mol. The molecule has 0 bridgehead atoms. The third kappa shape index (κ3) is 2.30. The molecule has 4 rings (SSSR count). The fourth-order valence-corrected chi connectivity index (χ4v) is 3.52. The van der Waals surface area contributed by atoms with Crippen LogP contribution in [0.25, 0.3) is 10.9 Å². The van der Waals surface area contributed by atoms with Gasteiger partial charge in [-0.1, -0.05) is 6.07 Å². The summed E-state index contributed by atoms with van der Waals surface area (Å²) in [7, 11) is 1.67. The van der Waals surface area contributed by atoms with E-state index in [1.54, 1.807) is 19.2 Å². The van der Waals surface area contributed by atoms with Crippen molar-refractivity contribution in [2.45, 2.75) is 5.92 Å². The molecule has 0 amide bonds. The van der Waals surface area contributed by atoms with Crippen LogP contribution in [0.3, 0.4) is 0 Å². The van der Waals surface area contributed by atoms with E-state index in [0.717, 1.165) is 34.7 Å². The number of halogens is 1. The number of ether oxygens (including phenoxy) is 1. The van der Waals surface area contributed by atoms with E-state index in [1.165, 1.54) is 5.56 Å². The van der Waals surface area contributed by atoms with Gasteiger partial charge in [0.25, 0.3) is 0 Å². The quantitative estimate of drug-likeness (QED) is 0.702. The number of hydrogen-bond acceptors (Lipinski definition) is 3. The SMILES string of the molecule is COc1ccc2[nH]c(N3CC(CCl)c4ccc(O)cc43)cc2c1. The highest BCUT2D eigenvalue weighted by Crippen LogP contribution is 2.43. The van der Waals surface area contributed by atoms with Crippen molar-refractivity contribution in [3.63, 3.8) is 0 Å². The van der Waals surface area contributed by atoms with Gasteiger partial charge in [-0.3, -0.25) is 0 Å². The van der Waals surface area contributed by atoms with Gasteiger partial charge in [0, 0.05) is 41.0 Å². The molecule has 2 heterocycles. The maximum absolute atomic E-state index is 9.84. The van der Waals surface area contributed by atoms with Crippen LogP contribution in [0.1, 0.15) is 11.5 Å². The molecule has 2 N–H and O–H groups in total. The van der Waals surface area contributed by atoms with E-state index in [1.807, 2.05) is 24.3 Å². The molecule has 1 atom stereocenters. The molecule has 118 valence electrons. The van der Waals surface area contributed by atoms with Crippen LogP contribution in [0.5, 0.6) is 11.5 Å². The van der Waals surface area contributed by atoms with Crippen molar-refractivity contribution in [3.8, 4) is 11.5 Å². The standard InChI is InChI=1S/C18H17ClN2O2/c1-23-14-3-5-16-11(6-14)7-18(20-16)21-10-12(9-19)15-4-2-13(22)8-17(15)21/h2-8,12,20,22H,9-10H2,1H3. The van der Waals surface area contributed by atoms with E-state index in [4.69, 9.17) is 16.3 Å². The van der Waals surface area contributed by atoms with E-state index in [2.05, 4.69) is 16.0 Å². The molecular formula is C18H17ClN2O2. The molecule has 4 nitrogen and oxygen atoms in total. The van der Waals surface area contributed by atoms with Gasteiger partial charge in [-0.2, -0.15) is 0 Å². The Hall–Kier alpha value is -2.33. The largest absolute Gasteiger partial charge is 0.508 e. The molecule has 0 fully saturated rings. The second-order valence-corrected chi connectivity index (χ2v) is 6.12. The highest BCUT2D eigenvalue weighted by Gasteiger charge is 2.30. The van der Waals surface area contributed by atoms with Crippen molar-refractivity contribution in [1.29, 1.82) is 0 Å². The zero-order valence-electron chi connectivity index (χ0n) is 12.7. The van der Waals surface area contributed by atoms with E-state index < -0.39 is 0 Å². The molecule has 5 heteroatoms. The van der Waals surface area contributed by atoms with Crippen LogP contribution in [0.4, 0.5) is 11.5 Å². The van der Waals surface area contributed by atoms with Crippen LogP contribution in [0.15, 0.2) is 42.5 Å². The van der Waals surface area contributed by atoms with Gasteiger partial charge in [0.1, 0.15) is 17.3 Å². The number of phenols is 1. The Morgan fingerprint density at radius 2 is 2.13 bits per heavy atom. The Morgan fingerprint density at radius 1 is 1.26 bits per heavy atom. The number of hydrogen-bond donors (Lipinski definition) is 2. The summed E-state index contributed by atoms with van der Waals surface area (Å²) in [6, 6.07) is 13.5. The van der Waals surface area contributed by atoms with Gasteiger partial charge in [0.05, 0.1) is 7.11 Å². The average Bonchev–Trinajstić information content (AvgIpc) is 3.14. The molecule has 0 spiro atoms. The van der Waals surface area contributed by atoms with Crippen LogP contribution in [-0.2, 0) is 0 Å². The van der Waals surface area contributed by atoms with Crippen molar-refractivity contribution in [1.82, 2.24) is 4.98 Å². The highest BCUT2D eigenvalue weighted by atomic mass is 35.5. The number of methoxy groups -OCH3 is 1. The summed E-state index contributed by atoms with van der Waals surface area (Å²) in [6.07, 6.45) is 0. The first kappa shape index (κ1) is 14.3. The molecule has 23 heavy (non-hydrogen) atoms. The Morgan fingerprint density at radius 3 is 2.91 bits per heavy atom. The molecule has 0 radical (unpaired) electrons. The van der Waals surface area contributed by atoms with Crippen LogP contribution >= 0.6 is 11.6 Å². The summed E-state index contributed by atoms with van der Waals surface area (Å²) in [5.41, 5.74) is 3.24. The number of fused-ring (bicyclic) bond motifs is 2. The Kier molecular flexibility index (Phi) is 3.34. The van der Waals surface area contributed by atoms with Gasteiger partial charge in [-0.05, 0) is 35.9 Å². The highest BCUT2D eigenvalue weighted by molar-refractivity contribution is 6.18.